The van der Waals surface area contributed by atoms with Crippen LogP contribution in [0.1, 0.15) is 43.3 Å². The predicted octanol–water partition coefficient (Wildman–Crippen LogP) is 4.05. The van der Waals surface area contributed by atoms with E-state index in [1.165, 1.54) is 5.56 Å². The van der Waals surface area contributed by atoms with Gasteiger partial charge >= 0.3 is 0 Å². The third kappa shape index (κ3) is 4.48. The van der Waals surface area contributed by atoms with Crippen molar-refractivity contribution in [2.45, 2.75) is 39.8 Å². The molecule has 2 rings (SSSR count). The second kappa shape index (κ2) is 6.62. The molecule has 0 aliphatic rings. The maximum absolute atomic E-state index is 9.78. The average Bonchev–Trinajstić information content (AvgIpc) is 2.75. The first-order valence-corrected chi connectivity index (χ1v) is 7.78. The third-order valence-electron chi connectivity index (χ3n) is 3.27. The van der Waals surface area contributed by atoms with Gasteiger partial charge in [-0.05, 0) is 56.4 Å². The summed E-state index contributed by atoms with van der Waals surface area (Å²) in [5, 5.41) is 10.1. The number of halogens is 1. The minimum absolute atomic E-state index is 0.364. The fourth-order valence-electron chi connectivity index (χ4n) is 2.18. The fourth-order valence-corrected chi connectivity index (χ4v) is 2.41. The third-order valence-corrected chi connectivity index (χ3v) is 3.56. The largest absolute Gasteiger partial charge is 0.378 e. The summed E-state index contributed by atoms with van der Waals surface area (Å²) in [6.45, 7) is 11.8. The number of aryl methyl sites for hydroxylation is 1. The number of hydrogen-bond donors (Lipinski definition) is 1. The van der Waals surface area contributed by atoms with E-state index >= 15 is 0 Å². The first-order valence-electron chi connectivity index (χ1n) is 7.40. The predicted molar refractivity (Wildman–Crippen MR) is 95.4 cm³/mol. The van der Waals surface area contributed by atoms with Crippen LogP contribution in [-0.2, 0) is 6.54 Å². The van der Waals surface area contributed by atoms with Crippen molar-refractivity contribution in [2.75, 3.05) is 0 Å². The molecule has 0 fully saturated rings. The number of rotatable bonds is 3. The standard InChI is InChI=1S/C19H21ClN2O/c1-13(2)17-16(10-11-19(4,5)23)21-18(20)22(17)12-15-8-6-14(3)7-9-15/h6-9,23H,1,12H2,2-5H3. The number of aliphatic hydroxyl groups is 1. The molecule has 0 unspecified atom stereocenters. The van der Waals surface area contributed by atoms with Crippen LogP contribution in [-0.4, -0.2) is 20.3 Å². The topological polar surface area (TPSA) is 38.1 Å². The summed E-state index contributed by atoms with van der Waals surface area (Å²) in [6.07, 6.45) is 0. The summed E-state index contributed by atoms with van der Waals surface area (Å²) in [6, 6.07) is 8.26. The Kier molecular flexibility index (Phi) is 4.99. The Bertz CT molecular complexity index is 784. The Morgan fingerprint density at radius 3 is 2.48 bits per heavy atom. The molecule has 1 aromatic carbocycles. The zero-order valence-corrected chi connectivity index (χ0v) is 14.7. The molecule has 3 nitrogen and oxygen atoms in total. The van der Waals surface area contributed by atoms with Crippen molar-refractivity contribution in [3.63, 3.8) is 0 Å². The normalized spacial score (nSPS) is 11.0. The Morgan fingerprint density at radius 2 is 1.96 bits per heavy atom. The van der Waals surface area contributed by atoms with Gasteiger partial charge in [-0.2, -0.15) is 0 Å². The molecule has 2 aromatic rings. The van der Waals surface area contributed by atoms with E-state index in [-0.39, 0.29) is 0 Å². The highest BCUT2D eigenvalue weighted by atomic mass is 35.5. The average molecular weight is 329 g/mol. The molecule has 1 N–H and O–H groups in total. The molecule has 1 aromatic heterocycles. The molecule has 0 radical (unpaired) electrons. The first-order chi connectivity index (χ1) is 10.7. The van der Waals surface area contributed by atoms with E-state index in [0.717, 1.165) is 16.8 Å². The van der Waals surface area contributed by atoms with Gasteiger partial charge in [-0.3, -0.25) is 0 Å². The lowest BCUT2D eigenvalue weighted by molar-refractivity contribution is 0.143. The van der Waals surface area contributed by atoms with Gasteiger partial charge < -0.3 is 9.67 Å². The highest BCUT2D eigenvalue weighted by molar-refractivity contribution is 6.28. The summed E-state index contributed by atoms with van der Waals surface area (Å²) in [5.74, 6) is 5.69. The van der Waals surface area contributed by atoms with Gasteiger partial charge in [-0.15, -0.1) is 0 Å². The number of imidazole rings is 1. The summed E-state index contributed by atoms with van der Waals surface area (Å²) < 4.78 is 1.89. The molecule has 23 heavy (non-hydrogen) atoms. The fraction of sp³-hybridized carbons (Fsp3) is 0.316. The van der Waals surface area contributed by atoms with E-state index in [0.29, 0.717) is 17.5 Å². The van der Waals surface area contributed by atoms with Crippen LogP contribution in [0.15, 0.2) is 30.8 Å². The molecule has 0 atom stereocenters. The number of hydrogen-bond acceptors (Lipinski definition) is 2. The molecular weight excluding hydrogens is 308 g/mol. The second-order valence-corrected chi connectivity index (χ2v) is 6.58. The first kappa shape index (κ1) is 17.3. The van der Waals surface area contributed by atoms with Crippen molar-refractivity contribution in [2.24, 2.45) is 0 Å². The van der Waals surface area contributed by atoms with Gasteiger partial charge in [0.15, 0.2) is 0 Å². The minimum Gasteiger partial charge on any atom is -0.378 e. The van der Waals surface area contributed by atoms with Crippen LogP contribution in [0, 0.1) is 18.8 Å². The van der Waals surface area contributed by atoms with Crippen molar-refractivity contribution in [1.82, 2.24) is 9.55 Å². The monoisotopic (exact) mass is 328 g/mol. The van der Waals surface area contributed by atoms with E-state index in [1.54, 1.807) is 13.8 Å². The van der Waals surface area contributed by atoms with Crippen LogP contribution in [0.4, 0.5) is 0 Å². The Balaban J connectivity index is 2.46. The van der Waals surface area contributed by atoms with Gasteiger partial charge in [0.25, 0.3) is 0 Å². The van der Waals surface area contributed by atoms with Crippen LogP contribution in [0.2, 0.25) is 5.28 Å². The molecular formula is C19H21ClN2O. The number of nitrogens with zero attached hydrogens (tertiary/aromatic N) is 2. The molecule has 0 aliphatic heterocycles. The van der Waals surface area contributed by atoms with Crippen LogP contribution < -0.4 is 0 Å². The van der Waals surface area contributed by atoms with Crippen LogP contribution in [0.5, 0.6) is 0 Å². The van der Waals surface area contributed by atoms with Crippen LogP contribution in [0.25, 0.3) is 5.57 Å². The molecule has 1 heterocycles. The van der Waals surface area contributed by atoms with Crippen molar-refractivity contribution in [3.05, 3.63) is 58.6 Å². The minimum atomic E-state index is -1.08. The Hall–Kier alpha value is -2.02. The highest BCUT2D eigenvalue weighted by Gasteiger charge is 2.16. The van der Waals surface area contributed by atoms with E-state index in [1.807, 2.05) is 11.5 Å². The molecule has 0 aliphatic carbocycles. The quantitative estimate of drug-likeness (QED) is 0.863. The van der Waals surface area contributed by atoms with Gasteiger partial charge in [-0.1, -0.05) is 42.3 Å². The van der Waals surface area contributed by atoms with Crippen LogP contribution >= 0.6 is 11.6 Å². The van der Waals surface area contributed by atoms with Crippen molar-refractivity contribution in [1.29, 1.82) is 0 Å². The van der Waals surface area contributed by atoms with E-state index < -0.39 is 5.60 Å². The molecule has 4 heteroatoms. The maximum Gasteiger partial charge on any atom is 0.204 e. The van der Waals surface area contributed by atoms with Gasteiger partial charge in [0.2, 0.25) is 5.28 Å². The lowest BCUT2D eigenvalue weighted by Crippen LogP contribution is -2.14. The number of benzene rings is 1. The molecule has 120 valence electrons. The lowest BCUT2D eigenvalue weighted by Gasteiger charge is -2.10. The van der Waals surface area contributed by atoms with Crippen molar-refractivity contribution in [3.8, 4) is 11.8 Å². The van der Waals surface area contributed by atoms with E-state index in [2.05, 4.69) is 54.6 Å². The van der Waals surface area contributed by atoms with Gasteiger partial charge in [0, 0.05) is 0 Å². The molecule has 0 saturated heterocycles. The number of allylic oxidation sites excluding steroid dienone is 1. The highest BCUT2D eigenvalue weighted by Crippen LogP contribution is 2.24. The Labute approximate surface area is 142 Å². The van der Waals surface area contributed by atoms with E-state index in [9.17, 15) is 5.11 Å². The summed E-state index contributed by atoms with van der Waals surface area (Å²) in [5.41, 5.74) is 3.42. The lowest BCUT2D eigenvalue weighted by atomic mass is 10.1. The number of aromatic nitrogens is 2. The zero-order valence-electron chi connectivity index (χ0n) is 13.9. The Morgan fingerprint density at radius 1 is 1.35 bits per heavy atom. The van der Waals surface area contributed by atoms with Crippen molar-refractivity contribution >= 4 is 17.2 Å². The summed E-state index contributed by atoms with van der Waals surface area (Å²) >= 11 is 6.31. The second-order valence-electron chi connectivity index (χ2n) is 6.24. The molecule has 0 saturated carbocycles. The van der Waals surface area contributed by atoms with E-state index in [4.69, 9.17) is 11.6 Å². The van der Waals surface area contributed by atoms with Gasteiger partial charge in [-0.25, -0.2) is 4.98 Å². The van der Waals surface area contributed by atoms with Crippen LogP contribution in [0.3, 0.4) is 0 Å². The molecule has 0 spiro atoms. The summed E-state index contributed by atoms with van der Waals surface area (Å²) in [7, 11) is 0. The molecule has 0 bridgehead atoms. The summed E-state index contributed by atoms with van der Waals surface area (Å²) in [4.78, 5) is 4.33. The van der Waals surface area contributed by atoms with Gasteiger partial charge in [0.1, 0.15) is 11.3 Å². The van der Waals surface area contributed by atoms with Crippen molar-refractivity contribution < 1.29 is 5.11 Å². The SMILES string of the molecule is C=C(C)c1c(C#CC(C)(C)O)nc(Cl)n1Cc1ccc(C)cc1. The molecule has 0 amide bonds. The maximum atomic E-state index is 9.78. The zero-order chi connectivity index (χ0) is 17.2. The smallest absolute Gasteiger partial charge is 0.204 e. The van der Waals surface area contributed by atoms with Gasteiger partial charge in [0.05, 0.1) is 12.2 Å².